The molecule has 0 aromatic heterocycles. The Hall–Kier alpha value is -1.75. The molecular formula is C11H12ClNO4. The lowest BCUT2D eigenvalue weighted by Crippen LogP contribution is -2.18. The van der Waals surface area contributed by atoms with Crippen LogP contribution in [-0.2, 0) is 9.53 Å². The summed E-state index contributed by atoms with van der Waals surface area (Å²) in [6.45, 7) is 1.63. The summed E-state index contributed by atoms with van der Waals surface area (Å²) in [5, 5.41) is 2.65. The third-order valence-electron chi connectivity index (χ3n) is 2.20. The van der Waals surface area contributed by atoms with E-state index < -0.39 is 6.09 Å². The van der Waals surface area contributed by atoms with E-state index in [-0.39, 0.29) is 24.4 Å². The normalized spacial score (nSPS) is 17.7. The lowest BCUT2D eigenvalue weighted by atomic mass is 10.1. The average Bonchev–Trinajstić information content (AvgIpc) is 2.64. The van der Waals surface area contributed by atoms with Crippen LogP contribution in [0.2, 0.25) is 0 Å². The minimum Gasteiger partial charge on any atom is -0.447 e. The van der Waals surface area contributed by atoms with Crippen molar-refractivity contribution < 1.29 is 19.1 Å². The van der Waals surface area contributed by atoms with Crippen LogP contribution in [0.4, 0.5) is 4.79 Å². The summed E-state index contributed by atoms with van der Waals surface area (Å²) in [4.78, 5) is 21.7. The van der Waals surface area contributed by atoms with Gasteiger partial charge in [-0.3, -0.25) is 4.79 Å². The zero-order valence-electron chi connectivity index (χ0n) is 9.14. The van der Waals surface area contributed by atoms with E-state index in [9.17, 15) is 9.59 Å². The van der Waals surface area contributed by atoms with Crippen LogP contribution in [-0.4, -0.2) is 18.7 Å². The van der Waals surface area contributed by atoms with E-state index in [4.69, 9.17) is 9.47 Å². The molecule has 0 aliphatic carbocycles. The van der Waals surface area contributed by atoms with Crippen molar-refractivity contribution in [3.8, 4) is 5.75 Å². The van der Waals surface area contributed by atoms with E-state index >= 15 is 0 Å². The number of cyclic esters (lactones) is 1. The van der Waals surface area contributed by atoms with Crippen molar-refractivity contribution in [3.05, 3.63) is 29.8 Å². The number of halogens is 1. The molecule has 1 aliphatic heterocycles. The Balaban J connectivity index is 0.00000144. The van der Waals surface area contributed by atoms with E-state index in [1.807, 2.05) is 6.07 Å². The fraction of sp³-hybridized carbons (Fsp3) is 0.273. The second-order valence-corrected chi connectivity index (χ2v) is 3.46. The minimum absolute atomic E-state index is 0. The minimum atomic E-state index is -0.428. The zero-order chi connectivity index (χ0) is 11.5. The Morgan fingerprint density at radius 2 is 2.29 bits per heavy atom. The molecule has 1 amide bonds. The van der Waals surface area contributed by atoms with Crippen molar-refractivity contribution >= 4 is 24.5 Å². The standard InChI is InChI=1S/C11H11NO4.ClH/c1-7(13)16-9-4-2-3-8(5-9)10-6-15-11(14)12-10;/h2-5,10H,6H2,1H3,(H,12,14);1H/t10-;/m0./s1. The van der Waals surface area contributed by atoms with Gasteiger partial charge in [0.25, 0.3) is 0 Å². The van der Waals surface area contributed by atoms with Crippen molar-refractivity contribution in [1.82, 2.24) is 5.32 Å². The molecule has 2 rings (SSSR count). The summed E-state index contributed by atoms with van der Waals surface area (Å²) in [6, 6.07) is 6.82. The number of amides is 1. The average molecular weight is 258 g/mol. The molecule has 1 saturated heterocycles. The highest BCUT2D eigenvalue weighted by molar-refractivity contribution is 5.85. The van der Waals surface area contributed by atoms with E-state index in [0.717, 1.165) is 5.56 Å². The SMILES string of the molecule is CC(=O)Oc1cccc([C@@H]2COC(=O)N2)c1.Cl. The van der Waals surface area contributed by atoms with Crippen LogP contribution in [0.1, 0.15) is 18.5 Å². The molecule has 6 heteroatoms. The number of hydrogen-bond acceptors (Lipinski definition) is 4. The summed E-state index contributed by atoms with van der Waals surface area (Å²) < 4.78 is 9.73. The van der Waals surface area contributed by atoms with Crippen LogP contribution in [0.3, 0.4) is 0 Å². The van der Waals surface area contributed by atoms with Crippen LogP contribution < -0.4 is 10.1 Å². The molecule has 5 nitrogen and oxygen atoms in total. The highest BCUT2D eigenvalue weighted by Crippen LogP contribution is 2.22. The van der Waals surface area contributed by atoms with Crippen LogP contribution in [0.25, 0.3) is 0 Å². The van der Waals surface area contributed by atoms with Crippen molar-refractivity contribution in [2.75, 3.05) is 6.61 Å². The predicted octanol–water partition coefficient (Wildman–Crippen LogP) is 1.81. The lowest BCUT2D eigenvalue weighted by molar-refractivity contribution is -0.131. The molecule has 0 radical (unpaired) electrons. The van der Waals surface area contributed by atoms with Crippen LogP contribution in [0.15, 0.2) is 24.3 Å². The van der Waals surface area contributed by atoms with Gasteiger partial charge >= 0.3 is 12.1 Å². The van der Waals surface area contributed by atoms with Gasteiger partial charge in [-0.25, -0.2) is 4.79 Å². The third-order valence-corrected chi connectivity index (χ3v) is 2.20. The molecule has 1 atom stereocenters. The summed E-state index contributed by atoms with van der Waals surface area (Å²) in [5.41, 5.74) is 0.851. The zero-order valence-corrected chi connectivity index (χ0v) is 9.95. The molecule has 1 aromatic rings. The fourth-order valence-corrected chi connectivity index (χ4v) is 1.52. The predicted molar refractivity (Wildman–Crippen MR) is 62.2 cm³/mol. The molecule has 0 saturated carbocycles. The summed E-state index contributed by atoms with van der Waals surface area (Å²) in [7, 11) is 0. The fourth-order valence-electron chi connectivity index (χ4n) is 1.52. The lowest BCUT2D eigenvalue weighted by Gasteiger charge is -2.09. The number of alkyl carbamates (subject to hydrolysis) is 1. The van der Waals surface area contributed by atoms with Crippen LogP contribution in [0.5, 0.6) is 5.75 Å². The van der Waals surface area contributed by atoms with Crippen LogP contribution in [0, 0.1) is 0 Å². The molecule has 92 valence electrons. The quantitative estimate of drug-likeness (QED) is 0.648. The molecule has 1 aromatic carbocycles. The van der Waals surface area contributed by atoms with Crippen LogP contribution >= 0.6 is 12.4 Å². The largest absolute Gasteiger partial charge is 0.447 e. The summed E-state index contributed by atoms with van der Waals surface area (Å²) >= 11 is 0. The van der Waals surface area contributed by atoms with Gasteiger partial charge in [0.05, 0.1) is 6.04 Å². The number of carbonyl (C=O) groups excluding carboxylic acids is 2. The molecular weight excluding hydrogens is 246 g/mol. The van der Waals surface area contributed by atoms with Gasteiger partial charge in [0.15, 0.2) is 0 Å². The summed E-state index contributed by atoms with van der Waals surface area (Å²) in [5.74, 6) is 0.0926. The van der Waals surface area contributed by atoms with Gasteiger partial charge < -0.3 is 14.8 Å². The summed E-state index contributed by atoms with van der Waals surface area (Å²) in [6.07, 6.45) is -0.428. The molecule has 1 fully saturated rings. The second kappa shape index (κ2) is 5.54. The maximum atomic E-state index is 10.9. The number of ether oxygens (including phenoxy) is 2. The maximum Gasteiger partial charge on any atom is 0.407 e. The number of nitrogens with one attached hydrogen (secondary N) is 1. The first kappa shape index (κ1) is 13.3. The molecule has 0 bridgehead atoms. The van der Waals surface area contributed by atoms with Crippen molar-refractivity contribution in [1.29, 1.82) is 0 Å². The van der Waals surface area contributed by atoms with E-state index in [0.29, 0.717) is 12.4 Å². The van der Waals surface area contributed by atoms with Gasteiger partial charge in [0.1, 0.15) is 12.4 Å². The number of hydrogen-bond donors (Lipinski definition) is 1. The Bertz CT molecular complexity index is 435. The van der Waals surface area contributed by atoms with Crippen molar-refractivity contribution in [2.45, 2.75) is 13.0 Å². The van der Waals surface area contributed by atoms with Gasteiger partial charge in [-0.2, -0.15) is 0 Å². The number of rotatable bonds is 2. The van der Waals surface area contributed by atoms with E-state index in [1.165, 1.54) is 6.92 Å². The number of esters is 1. The third kappa shape index (κ3) is 3.35. The van der Waals surface area contributed by atoms with E-state index in [2.05, 4.69) is 5.32 Å². The molecule has 1 heterocycles. The monoisotopic (exact) mass is 257 g/mol. The number of carbonyl (C=O) groups is 2. The number of benzene rings is 1. The highest BCUT2D eigenvalue weighted by atomic mass is 35.5. The Morgan fingerprint density at radius 1 is 1.53 bits per heavy atom. The Labute approximate surface area is 105 Å². The molecule has 17 heavy (non-hydrogen) atoms. The van der Waals surface area contributed by atoms with Gasteiger partial charge in [0, 0.05) is 6.92 Å². The molecule has 0 unspecified atom stereocenters. The van der Waals surface area contributed by atoms with Gasteiger partial charge in [-0.15, -0.1) is 12.4 Å². The van der Waals surface area contributed by atoms with Crippen molar-refractivity contribution in [2.24, 2.45) is 0 Å². The topological polar surface area (TPSA) is 64.6 Å². The van der Waals surface area contributed by atoms with E-state index in [1.54, 1.807) is 18.2 Å². The molecule has 1 aliphatic rings. The maximum absolute atomic E-state index is 10.9. The Morgan fingerprint density at radius 3 is 2.88 bits per heavy atom. The molecule has 1 N–H and O–H groups in total. The van der Waals surface area contributed by atoms with Crippen molar-refractivity contribution in [3.63, 3.8) is 0 Å². The first-order valence-electron chi connectivity index (χ1n) is 4.87. The first-order valence-corrected chi connectivity index (χ1v) is 4.87. The Kier molecular flexibility index (Phi) is 4.34. The first-order chi connectivity index (χ1) is 7.65. The van der Waals surface area contributed by atoms with Gasteiger partial charge in [-0.05, 0) is 17.7 Å². The van der Waals surface area contributed by atoms with Gasteiger partial charge in [-0.1, -0.05) is 12.1 Å². The highest BCUT2D eigenvalue weighted by Gasteiger charge is 2.23. The smallest absolute Gasteiger partial charge is 0.407 e. The molecule has 0 spiro atoms. The van der Waals surface area contributed by atoms with Gasteiger partial charge in [0.2, 0.25) is 0 Å². The second-order valence-electron chi connectivity index (χ2n) is 3.46.